The number of carbonyl (C=O) groups excluding carboxylic acids is 4. The van der Waals surface area contributed by atoms with E-state index in [0.717, 1.165) is 74.0 Å². The van der Waals surface area contributed by atoms with Crippen LogP contribution in [0, 0.1) is 0 Å². The van der Waals surface area contributed by atoms with Gasteiger partial charge in [-0.1, -0.05) is 73.5 Å². The van der Waals surface area contributed by atoms with E-state index in [0.29, 0.717) is 23.3 Å². The van der Waals surface area contributed by atoms with Crippen LogP contribution in [0.2, 0.25) is 0 Å². The zero-order valence-electron chi connectivity index (χ0n) is 28.9. The van der Waals surface area contributed by atoms with Crippen LogP contribution in [0.25, 0.3) is 0 Å². The van der Waals surface area contributed by atoms with Crippen molar-refractivity contribution in [2.45, 2.75) is 99.6 Å². The van der Waals surface area contributed by atoms with Crippen molar-refractivity contribution in [2.24, 2.45) is 0 Å². The number of benzene rings is 2. The Balaban J connectivity index is -0.000000814. The molecule has 0 saturated carbocycles. The molecule has 0 radical (unpaired) electrons. The predicted octanol–water partition coefficient (Wildman–Crippen LogP) is 0.399. The molecule has 0 saturated heterocycles. The number of amides is 2. The van der Waals surface area contributed by atoms with Crippen molar-refractivity contribution in [3.05, 3.63) is 71.8 Å². The second kappa shape index (κ2) is 31.1. The van der Waals surface area contributed by atoms with Gasteiger partial charge in [-0.25, -0.2) is 0 Å². The molecule has 0 heterocycles. The molecule has 0 bridgehead atoms. The van der Waals surface area contributed by atoms with Crippen LogP contribution in [0.4, 0.5) is 0 Å². The SMILES string of the molecule is O=C(CCCCC(S)CCS)N[C@@H](Cc1ccccc1)C(=O)[O-].O=C(CCCCC(S)CCS)N[C@@H](Cc1ccccc1)C(=O)[O-].[H-].[Na+].[Zn+2]. The van der Waals surface area contributed by atoms with Crippen LogP contribution in [0.15, 0.2) is 60.7 Å². The number of unbranched alkanes of at least 4 members (excludes halogenated alkanes) is 2. The molecule has 4 atom stereocenters. The van der Waals surface area contributed by atoms with Gasteiger partial charge >= 0.3 is 49.0 Å². The molecule has 2 aromatic carbocycles. The number of carbonyl (C=O) groups is 4. The number of rotatable bonds is 22. The van der Waals surface area contributed by atoms with Gasteiger partial charge < -0.3 is 31.9 Å². The van der Waals surface area contributed by atoms with E-state index in [1.165, 1.54) is 0 Å². The summed E-state index contributed by atoms with van der Waals surface area (Å²) in [6.07, 6.45) is 8.10. The summed E-state index contributed by atoms with van der Waals surface area (Å²) >= 11 is 17.2. The average Bonchev–Trinajstić information content (AvgIpc) is 3.02. The molecule has 14 heteroatoms. The van der Waals surface area contributed by atoms with Gasteiger partial charge in [0.25, 0.3) is 0 Å². The van der Waals surface area contributed by atoms with Gasteiger partial charge in [-0.2, -0.15) is 50.5 Å². The molecule has 2 unspecified atom stereocenters. The van der Waals surface area contributed by atoms with Gasteiger partial charge in [0.2, 0.25) is 11.8 Å². The fourth-order valence-corrected chi connectivity index (χ4v) is 6.19. The Labute approximate surface area is 344 Å². The van der Waals surface area contributed by atoms with E-state index in [9.17, 15) is 29.4 Å². The van der Waals surface area contributed by atoms with Crippen molar-refractivity contribution in [1.29, 1.82) is 0 Å². The summed E-state index contributed by atoms with van der Waals surface area (Å²) in [6.45, 7) is 0. The van der Waals surface area contributed by atoms with Crippen molar-refractivity contribution in [1.82, 2.24) is 10.6 Å². The quantitative estimate of drug-likeness (QED) is 0.0581. The third kappa shape index (κ3) is 25.3. The van der Waals surface area contributed by atoms with Crippen LogP contribution in [-0.4, -0.2) is 57.8 Å². The van der Waals surface area contributed by atoms with E-state index in [1.54, 1.807) is 0 Å². The first-order valence-corrected chi connectivity index (χ1v) is 18.0. The van der Waals surface area contributed by atoms with E-state index in [-0.39, 0.29) is 75.1 Å². The topological polar surface area (TPSA) is 138 Å². The summed E-state index contributed by atoms with van der Waals surface area (Å²) < 4.78 is 0. The maximum Gasteiger partial charge on any atom is 2.00 e. The number of carboxylic acid groups (broad SMARTS) is 2. The van der Waals surface area contributed by atoms with Crippen molar-refractivity contribution in [3.63, 3.8) is 0 Å². The number of carboxylic acids is 2. The Morgan fingerprint density at radius 2 is 0.938 bits per heavy atom. The zero-order valence-corrected chi connectivity index (χ0v) is 36.5. The molecule has 2 rings (SSSR count). The molecule has 2 amide bonds. The molecule has 0 aromatic heterocycles. The van der Waals surface area contributed by atoms with Gasteiger partial charge in [-0.3, -0.25) is 9.59 Å². The fraction of sp³-hybridized carbons (Fsp3) is 0.529. The van der Waals surface area contributed by atoms with Gasteiger partial charge in [0.05, 0.1) is 24.0 Å². The summed E-state index contributed by atoms with van der Waals surface area (Å²) in [4.78, 5) is 46.1. The minimum atomic E-state index is -1.26. The number of aliphatic carboxylic acids is 2. The first kappa shape index (κ1) is 49.5. The second-order valence-electron chi connectivity index (χ2n) is 11.1. The minimum Gasteiger partial charge on any atom is -1.00 e. The van der Waals surface area contributed by atoms with Crippen LogP contribution < -0.4 is 50.4 Å². The number of nitrogens with one attached hydrogen (secondary N) is 2. The fourth-order valence-electron chi connectivity index (χ4n) is 4.54. The molecule has 258 valence electrons. The van der Waals surface area contributed by atoms with Crippen molar-refractivity contribution in [2.75, 3.05) is 11.5 Å². The standard InChI is InChI=1S/2C17H25NO3S2.Na.Zn.H/c2*19-16(9-5-4-8-14(23)10-11-22)18-15(17(20)21)12-13-6-2-1-3-7-13;;;/h2*1-3,6-7,14-15,22-23H,4-5,8-12H2,(H,18,19)(H,20,21);;;/q;;+1;+2;-1/p-2/t2*14?,15-;;;/m00.../s1. The largest absolute Gasteiger partial charge is 2.00 e. The maximum atomic E-state index is 11.9. The van der Waals surface area contributed by atoms with Gasteiger partial charge in [0.15, 0.2) is 0 Å². The van der Waals surface area contributed by atoms with Crippen molar-refractivity contribution < 1.29 is 79.9 Å². The molecule has 2 N–H and O–H groups in total. The van der Waals surface area contributed by atoms with Gasteiger partial charge in [-0.05, 0) is 74.0 Å². The van der Waals surface area contributed by atoms with Gasteiger partial charge in [0.1, 0.15) is 0 Å². The van der Waals surface area contributed by atoms with Crippen LogP contribution in [0.3, 0.4) is 0 Å². The van der Waals surface area contributed by atoms with E-state index in [1.807, 2.05) is 60.7 Å². The van der Waals surface area contributed by atoms with Gasteiger partial charge in [-0.15, -0.1) is 0 Å². The molecule has 8 nitrogen and oxygen atoms in total. The molecule has 2 aromatic rings. The smallest absolute Gasteiger partial charge is 1.00 e. The number of hydrogen-bond donors (Lipinski definition) is 6. The molecule has 0 aliphatic rings. The van der Waals surface area contributed by atoms with Crippen molar-refractivity contribution in [3.8, 4) is 0 Å². The van der Waals surface area contributed by atoms with Crippen LogP contribution >= 0.6 is 50.5 Å². The van der Waals surface area contributed by atoms with E-state index in [2.05, 4.69) is 61.1 Å². The van der Waals surface area contributed by atoms with Gasteiger partial charge in [0, 0.05) is 23.3 Å². The first-order chi connectivity index (χ1) is 22.0. The average molecular weight is 798 g/mol. The molecule has 0 spiro atoms. The molecular weight excluding hydrogens is 749 g/mol. The predicted molar refractivity (Wildman–Crippen MR) is 195 cm³/mol. The summed E-state index contributed by atoms with van der Waals surface area (Å²) in [7, 11) is 0. The number of hydrogen-bond acceptors (Lipinski definition) is 10. The Bertz CT molecular complexity index is 1070. The van der Waals surface area contributed by atoms with E-state index < -0.39 is 24.0 Å². The third-order valence-electron chi connectivity index (χ3n) is 7.11. The Morgan fingerprint density at radius 1 is 0.604 bits per heavy atom. The third-order valence-corrected chi connectivity index (χ3v) is 8.66. The maximum absolute atomic E-state index is 11.9. The number of thiol groups is 4. The molecular formula is C34H49N2NaO6S4Zn. The van der Waals surface area contributed by atoms with Crippen molar-refractivity contribution >= 4 is 74.3 Å². The Morgan fingerprint density at radius 3 is 1.23 bits per heavy atom. The summed E-state index contributed by atoms with van der Waals surface area (Å²) in [5, 5.41) is 28.1. The molecule has 0 aliphatic heterocycles. The Hall–Kier alpha value is -0.657. The normalized spacial score (nSPS) is 12.8. The minimum absolute atomic E-state index is 0. The molecule has 0 aliphatic carbocycles. The molecule has 0 fully saturated rings. The Kier molecular flexibility index (Phi) is 32.1. The molecule has 48 heavy (non-hydrogen) atoms. The van der Waals surface area contributed by atoms with E-state index >= 15 is 0 Å². The zero-order chi connectivity index (χ0) is 34.2. The summed E-state index contributed by atoms with van der Waals surface area (Å²) in [5.74, 6) is -1.40. The van der Waals surface area contributed by atoms with Crippen LogP contribution in [0.5, 0.6) is 0 Å². The summed E-state index contributed by atoms with van der Waals surface area (Å²) in [5.41, 5.74) is 1.71. The first-order valence-electron chi connectivity index (χ1n) is 15.7. The summed E-state index contributed by atoms with van der Waals surface area (Å²) in [6, 6.07) is 16.4. The second-order valence-corrected chi connectivity index (χ2v) is 13.4. The monoisotopic (exact) mass is 796 g/mol. The van der Waals surface area contributed by atoms with Crippen LogP contribution in [0.1, 0.15) is 76.8 Å². The van der Waals surface area contributed by atoms with E-state index in [4.69, 9.17) is 0 Å². The van der Waals surface area contributed by atoms with Crippen LogP contribution in [-0.2, 0) is 51.5 Å².